The van der Waals surface area contributed by atoms with Gasteiger partial charge in [0.2, 0.25) is 0 Å². The van der Waals surface area contributed by atoms with Crippen molar-refractivity contribution in [2.75, 3.05) is 13.2 Å². The molecule has 3 nitrogen and oxygen atoms in total. The van der Waals surface area contributed by atoms with Gasteiger partial charge in [-0.2, -0.15) is 0 Å². The molecule has 0 unspecified atom stereocenters. The lowest BCUT2D eigenvalue weighted by Crippen LogP contribution is -2.07. The number of carbonyl (C=O) groups excluding carboxylic acids is 1. The quantitative estimate of drug-likeness (QED) is 0.405. The van der Waals surface area contributed by atoms with Gasteiger partial charge < -0.3 is 9.47 Å². The van der Waals surface area contributed by atoms with Crippen molar-refractivity contribution in [3.05, 3.63) is 66.7 Å². The van der Waals surface area contributed by atoms with Crippen LogP contribution < -0.4 is 4.74 Å². The molecule has 0 aliphatic carbocycles. The summed E-state index contributed by atoms with van der Waals surface area (Å²) in [5.74, 6) is 0.520. The number of unbranched alkanes of at least 4 members (excludes halogenated alkanes) is 1. The Bertz CT molecular complexity index is 647. The highest BCUT2D eigenvalue weighted by molar-refractivity contribution is 5.86. The first-order chi connectivity index (χ1) is 11.2. The van der Waals surface area contributed by atoms with Crippen LogP contribution in [0, 0.1) is 0 Å². The molecule has 0 spiro atoms. The van der Waals surface area contributed by atoms with Crippen molar-refractivity contribution in [3.8, 4) is 16.9 Å². The molecule has 120 valence electrons. The SMILES string of the molecule is C=C(C)C(=O)OCCCCOc1cccc(-c2ccccc2)c1. The monoisotopic (exact) mass is 310 g/mol. The molecule has 0 saturated heterocycles. The van der Waals surface area contributed by atoms with E-state index in [-0.39, 0.29) is 5.97 Å². The average molecular weight is 310 g/mol. The molecule has 2 aromatic carbocycles. The van der Waals surface area contributed by atoms with E-state index in [1.54, 1.807) is 6.92 Å². The number of hydrogen-bond donors (Lipinski definition) is 0. The standard InChI is InChI=1S/C20H22O3/c1-16(2)20(21)23-14-7-6-13-22-19-12-8-11-18(15-19)17-9-4-3-5-10-17/h3-5,8-12,15H,1,6-7,13-14H2,2H3. The second-order valence-electron chi connectivity index (χ2n) is 5.37. The maximum Gasteiger partial charge on any atom is 0.333 e. The smallest absolute Gasteiger partial charge is 0.333 e. The van der Waals surface area contributed by atoms with Crippen molar-refractivity contribution in [1.29, 1.82) is 0 Å². The zero-order valence-corrected chi connectivity index (χ0v) is 13.5. The first-order valence-electron chi connectivity index (χ1n) is 7.78. The average Bonchev–Trinajstić information content (AvgIpc) is 2.58. The fraction of sp³-hybridized carbons (Fsp3) is 0.250. The summed E-state index contributed by atoms with van der Waals surface area (Å²) in [4.78, 5) is 11.2. The summed E-state index contributed by atoms with van der Waals surface area (Å²) in [7, 11) is 0. The van der Waals surface area contributed by atoms with Crippen LogP contribution in [-0.2, 0) is 9.53 Å². The molecule has 0 N–H and O–H groups in total. The molecule has 0 radical (unpaired) electrons. The van der Waals surface area contributed by atoms with Gasteiger partial charge in [-0.05, 0) is 43.0 Å². The molecule has 0 bridgehead atoms. The van der Waals surface area contributed by atoms with Gasteiger partial charge in [0.05, 0.1) is 13.2 Å². The molecule has 0 heterocycles. The summed E-state index contributed by atoms with van der Waals surface area (Å²) in [5, 5.41) is 0. The lowest BCUT2D eigenvalue weighted by molar-refractivity contribution is -0.139. The fourth-order valence-corrected chi connectivity index (χ4v) is 2.08. The molecule has 0 fully saturated rings. The van der Waals surface area contributed by atoms with Gasteiger partial charge in [-0.15, -0.1) is 0 Å². The van der Waals surface area contributed by atoms with Crippen LogP contribution in [0.25, 0.3) is 11.1 Å². The van der Waals surface area contributed by atoms with Crippen LogP contribution in [0.1, 0.15) is 19.8 Å². The van der Waals surface area contributed by atoms with Crippen molar-refractivity contribution in [1.82, 2.24) is 0 Å². The van der Waals surface area contributed by atoms with Crippen molar-refractivity contribution in [2.24, 2.45) is 0 Å². The second kappa shape index (κ2) is 8.79. The molecule has 23 heavy (non-hydrogen) atoms. The molecule has 0 atom stereocenters. The normalized spacial score (nSPS) is 10.1. The van der Waals surface area contributed by atoms with Gasteiger partial charge in [-0.1, -0.05) is 49.0 Å². The van der Waals surface area contributed by atoms with Crippen LogP contribution in [0.5, 0.6) is 5.75 Å². The minimum atomic E-state index is -0.332. The Kier molecular flexibility index (Phi) is 6.42. The first kappa shape index (κ1) is 16.8. The van der Waals surface area contributed by atoms with Gasteiger partial charge in [-0.25, -0.2) is 4.79 Å². The van der Waals surface area contributed by atoms with E-state index in [2.05, 4.69) is 24.8 Å². The van der Waals surface area contributed by atoms with Crippen LogP contribution in [0.4, 0.5) is 0 Å². The number of hydrogen-bond acceptors (Lipinski definition) is 3. The van der Waals surface area contributed by atoms with Crippen LogP contribution in [0.3, 0.4) is 0 Å². The molecular weight excluding hydrogens is 288 g/mol. The van der Waals surface area contributed by atoms with Gasteiger partial charge in [0, 0.05) is 5.57 Å². The molecular formula is C20H22O3. The highest BCUT2D eigenvalue weighted by Crippen LogP contribution is 2.23. The third-order valence-corrected chi connectivity index (χ3v) is 3.33. The molecule has 2 aromatic rings. The zero-order valence-electron chi connectivity index (χ0n) is 13.5. The Labute approximate surface area is 137 Å². The van der Waals surface area contributed by atoms with E-state index in [9.17, 15) is 4.79 Å². The highest BCUT2D eigenvalue weighted by atomic mass is 16.5. The Morgan fingerprint density at radius 2 is 1.65 bits per heavy atom. The largest absolute Gasteiger partial charge is 0.494 e. The predicted molar refractivity (Wildman–Crippen MR) is 92.4 cm³/mol. The van der Waals surface area contributed by atoms with E-state index >= 15 is 0 Å². The van der Waals surface area contributed by atoms with E-state index in [1.165, 1.54) is 5.56 Å². The van der Waals surface area contributed by atoms with Crippen LogP contribution in [0.2, 0.25) is 0 Å². The molecule has 0 aliphatic heterocycles. The van der Waals surface area contributed by atoms with E-state index < -0.39 is 0 Å². The molecule has 0 amide bonds. The molecule has 0 aromatic heterocycles. The molecule has 0 saturated carbocycles. The van der Waals surface area contributed by atoms with E-state index in [1.807, 2.05) is 36.4 Å². The van der Waals surface area contributed by atoms with Crippen LogP contribution >= 0.6 is 0 Å². The van der Waals surface area contributed by atoms with E-state index in [0.29, 0.717) is 18.8 Å². The first-order valence-corrected chi connectivity index (χ1v) is 7.78. The molecule has 2 rings (SSSR count). The summed E-state index contributed by atoms with van der Waals surface area (Å²) >= 11 is 0. The summed E-state index contributed by atoms with van der Waals surface area (Å²) in [5.41, 5.74) is 2.74. The number of esters is 1. The van der Waals surface area contributed by atoms with Crippen molar-refractivity contribution in [2.45, 2.75) is 19.8 Å². The summed E-state index contributed by atoms with van der Waals surface area (Å²) < 4.78 is 10.8. The topological polar surface area (TPSA) is 35.5 Å². The Morgan fingerprint density at radius 3 is 2.39 bits per heavy atom. The maximum atomic E-state index is 11.2. The Hall–Kier alpha value is -2.55. The minimum absolute atomic E-state index is 0.332. The third kappa shape index (κ3) is 5.62. The lowest BCUT2D eigenvalue weighted by Gasteiger charge is -2.09. The van der Waals surface area contributed by atoms with Crippen molar-refractivity contribution >= 4 is 5.97 Å². The number of carbonyl (C=O) groups is 1. The third-order valence-electron chi connectivity index (χ3n) is 3.33. The summed E-state index contributed by atoms with van der Waals surface area (Å²) in [6, 6.07) is 18.3. The van der Waals surface area contributed by atoms with Gasteiger partial charge in [0.1, 0.15) is 5.75 Å². The summed E-state index contributed by atoms with van der Waals surface area (Å²) in [6.07, 6.45) is 1.61. The van der Waals surface area contributed by atoms with Gasteiger partial charge in [-0.3, -0.25) is 0 Å². The van der Waals surface area contributed by atoms with Gasteiger partial charge in [0.15, 0.2) is 0 Å². The fourth-order valence-electron chi connectivity index (χ4n) is 2.08. The van der Waals surface area contributed by atoms with E-state index in [4.69, 9.17) is 9.47 Å². The summed E-state index contributed by atoms with van der Waals surface area (Å²) in [6.45, 7) is 6.19. The number of benzene rings is 2. The van der Waals surface area contributed by atoms with Gasteiger partial charge >= 0.3 is 5.97 Å². The second-order valence-corrected chi connectivity index (χ2v) is 5.37. The van der Waals surface area contributed by atoms with Crippen LogP contribution in [-0.4, -0.2) is 19.2 Å². The van der Waals surface area contributed by atoms with Crippen molar-refractivity contribution < 1.29 is 14.3 Å². The Balaban J connectivity index is 1.74. The van der Waals surface area contributed by atoms with Crippen LogP contribution in [0.15, 0.2) is 66.7 Å². The van der Waals surface area contributed by atoms with Gasteiger partial charge in [0.25, 0.3) is 0 Å². The van der Waals surface area contributed by atoms with E-state index in [0.717, 1.165) is 24.2 Å². The predicted octanol–water partition coefficient (Wildman–Crippen LogP) is 4.63. The van der Waals surface area contributed by atoms with Crippen molar-refractivity contribution in [3.63, 3.8) is 0 Å². The lowest BCUT2D eigenvalue weighted by atomic mass is 10.1. The number of rotatable bonds is 8. The molecule has 0 aliphatic rings. The zero-order chi connectivity index (χ0) is 16.5. The highest BCUT2D eigenvalue weighted by Gasteiger charge is 2.02. The number of ether oxygens (including phenoxy) is 2. The molecule has 3 heteroatoms. The minimum Gasteiger partial charge on any atom is -0.494 e. The maximum absolute atomic E-state index is 11.2. The Morgan fingerprint density at radius 1 is 0.957 bits per heavy atom.